The summed E-state index contributed by atoms with van der Waals surface area (Å²) in [4.78, 5) is 0. The number of fused-ring (bicyclic) bond motifs is 1. The van der Waals surface area contributed by atoms with Crippen LogP contribution in [0.15, 0.2) is 12.1 Å². The van der Waals surface area contributed by atoms with Gasteiger partial charge < -0.3 is 14.8 Å². The van der Waals surface area contributed by atoms with E-state index in [0.717, 1.165) is 25.5 Å². The van der Waals surface area contributed by atoms with Gasteiger partial charge >= 0.3 is 6.18 Å². The Morgan fingerprint density at radius 1 is 1.10 bits per heavy atom. The van der Waals surface area contributed by atoms with Gasteiger partial charge in [0.05, 0.1) is 18.8 Å². The van der Waals surface area contributed by atoms with Gasteiger partial charge in [0.2, 0.25) is 0 Å². The zero-order chi connectivity index (χ0) is 14.9. The molecule has 1 saturated heterocycles. The maximum Gasteiger partial charge on any atom is 0.416 e. The van der Waals surface area contributed by atoms with Crippen molar-refractivity contribution in [1.82, 2.24) is 5.32 Å². The summed E-state index contributed by atoms with van der Waals surface area (Å²) in [5, 5.41) is 3.24. The molecule has 0 amide bonds. The number of ether oxygens (including phenoxy) is 2. The molecule has 3 rings (SSSR count). The number of hydrogen-bond donors (Lipinski definition) is 1. The van der Waals surface area contributed by atoms with Gasteiger partial charge in [-0.05, 0) is 43.5 Å². The number of hydrogen-bond acceptors (Lipinski definition) is 3. The summed E-state index contributed by atoms with van der Waals surface area (Å²) in [5.41, 5.74) is -0.327. The van der Waals surface area contributed by atoms with Gasteiger partial charge in [-0.2, -0.15) is 13.2 Å². The fraction of sp³-hybridized carbons (Fsp3) is 0.600. The zero-order valence-corrected chi connectivity index (χ0v) is 11.6. The third-order valence-electron chi connectivity index (χ3n) is 3.91. The van der Waals surface area contributed by atoms with Crippen LogP contribution >= 0.6 is 0 Å². The molecule has 116 valence electrons. The van der Waals surface area contributed by atoms with Crippen molar-refractivity contribution in [3.05, 3.63) is 23.3 Å². The fourth-order valence-corrected chi connectivity index (χ4v) is 2.88. The zero-order valence-electron chi connectivity index (χ0n) is 11.6. The first-order valence-corrected chi connectivity index (χ1v) is 7.27. The maximum atomic E-state index is 13.3. The summed E-state index contributed by atoms with van der Waals surface area (Å²) in [6.07, 6.45) is -1.41. The van der Waals surface area contributed by atoms with Gasteiger partial charge in [-0.1, -0.05) is 0 Å². The van der Waals surface area contributed by atoms with Crippen molar-refractivity contribution in [2.24, 2.45) is 0 Å². The van der Waals surface area contributed by atoms with E-state index in [1.165, 1.54) is 6.07 Å². The van der Waals surface area contributed by atoms with E-state index in [2.05, 4.69) is 5.32 Å². The van der Waals surface area contributed by atoms with E-state index in [9.17, 15) is 13.2 Å². The topological polar surface area (TPSA) is 30.5 Å². The van der Waals surface area contributed by atoms with Gasteiger partial charge in [0, 0.05) is 12.5 Å². The van der Waals surface area contributed by atoms with Crippen LogP contribution in [0.4, 0.5) is 13.2 Å². The molecule has 1 aromatic carbocycles. The highest BCUT2D eigenvalue weighted by molar-refractivity contribution is 5.49. The van der Waals surface area contributed by atoms with Crippen LogP contribution in [0.2, 0.25) is 0 Å². The quantitative estimate of drug-likeness (QED) is 0.910. The number of benzene rings is 1. The lowest BCUT2D eigenvalue weighted by molar-refractivity contribution is -0.138. The fourth-order valence-electron chi connectivity index (χ4n) is 2.88. The molecule has 0 saturated carbocycles. The average Bonchev–Trinajstić information content (AvgIpc) is 2.81. The molecule has 1 unspecified atom stereocenters. The Morgan fingerprint density at radius 2 is 1.81 bits per heavy atom. The number of nitrogens with one attached hydrogen (secondary N) is 1. The van der Waals surface area contributed by atoms with Crippen LogP contribution < -0.4 is 14.8 Å². The van der Waals surface area contributed by atoms with Crippen molar-refractivity contribution in [1.29, 1.82) is 0 Å². The summed E-state index contributed by atoms with van der Waals surface area (Å²) in [6, 6.07) is 2.70. The third-order valence-corrected chi connectivity index (χ3v) is 3.91. The Kier molecular flexibility index (Phi) is 3.97. The summed E-state index contributed by atoms with van der Waals surface area (Å²) < 4.78 is 50.7. The highest BCUT2D eigenvalue weighted by atomic mass is 19.4. The monoisotopic (exact) mass is 301 g/mol. The Hall–Kier alpha value is -1.43. The SMILES string of the molecule is FC(F)(F)c1cc2c(cc1CC1CCCN1)OCCCO2. The van der Waals surface area contributed by atoms with Gasteiger partial charge in [-0.25, -0.2) is 0 Å². The normalized spacial score (nSPS) is 22.1. The summed E-state index contributed by atoms with van der Waals surface area (Å²) >= 11 is 0. The van der Waals surface area contributed by atoms with Crippen molar-refractivity contribution >= 4 is 0 Å². The third kappa shape index (κ3) is 3.26. The molecular formula is C15H18F3NO2. The van der Waals surface area contributed by atoms with E-state index in [-0.39, 0.29) is 17.4 Å². The molecule has 2 aliphatic heterocycles. The second kappa shape index (κ2) is 5.75. The number of alkyl halides is 3. The average molecular weight is 301 g/mol. The van der Waals surface area contributed by atoms with Crippen LogP contribution in [0.5, 0.6) is 11.5 Å². The molecule has 0 radical (unpaired) electrons. The largest absolute Gasteiger partial charge is 0.490 e. The molecule has 1 fully saturated rings. The van der Waals surface area contributed by atoms with Gasteiger partial charge in [0.25, 0.3) is 0 Å². The molecule has 0 spiro atoms. The van der Waals surface area contributed by atoms with Crippen LogP contribution in [-0.4, -0.2) is 25.8 Å². The second-order valence-electron chi connectivity index (χ2n) is 5.50. The molecule has 3 nitrogen and oxygen atoms in total. The highest BCUT2D eigenvalue weighted by Gasteiger charge is 2.35. The van der Waals surface area contributed by atoms with E-state index in [0.29, 0.717) is 31.8 Å². The van der Waals surface area contributed by atoms with Crippen molar-refractivity contribution in [3.63, 3.8) is 0 Å². The Balaban J connectivity index is 1.96. The van der Waals surface area contributed by atoms with Crippen molar-refractivity contribution in [2.45, 2.75) is 37.9 Å². The molecule has 0 bridgehead atoms. The predicted octanol–water partition coefficient (Wildman–Crippen LogP) is 3.16. The smallest absolute Gasteiger partial charge is 0.416 e. The molecule has 21 heavy (non-hydrogen) atoms. The summed E-state index contributed by atoms with van der Waals surface area (Å²) in [7, 11) is 0. The van der Waals surface area contributed by atoms with Crippen LogP contribution in [0, 0.1) is 0 Å². The van der Waals surface area contributed by atoms with Gasteiger partial charge in [-0.3, -0.25) is 0 Å². The van der Waals surface area contributed by atoms with Crippen molar-refractivity contribution in [3.8, 4) is 11.5 Å². The van der Waals surface area contributed by atoms with E-state index in [1.807, 2.05) is 0 Å². The standard InChI is InChI=1S/C15H18F3NO2/c16-15(17,18)12-9-14-13(20-5-2-6-21-14)8-10(12)7-11-3-1-4-19-11/h8-9,11,19H,1-7H2. The molecule has 1 atom stereocenters. The molecule has 0 aromatic heterocycles. The molecule has 1 aromatic rings. The minimum atomic E-state index is -4.38. The van der Waals surface area contributed by atoms with E-state index in [1.54, 1.807) is 0 Å². The Bertz CT molecular complexity index is 510. The molecule has 6 heteroatoms. The molecule has 0 aliphatic carbocycles. The van der Waals surface area contributed by atoms with Crippen LogP contribution in [0.25, 0.3) is 0 Å². The Labute approximate surface area is 121 Å². The van der Waals surface area contributed by atoms with E-state index < -0.39 is 11.7 Å². The van der Waals surface area contributed by atoms with Crippen LogP contribution in [0.3, 0.4) is 0 Å². The lowest BCUT2D eigenvalue weighted by Crippen LogP contribution is -2.25. The van der Waals surface area contributed by atoms with Gasteiger partial charge in [0.1, 0.15) is 0 Å². The van der Waals surface area contributed by atoms with E-state index >= 15 is 0 Å². The lowest BCUT2D eigenvalue weighted by atomic mass is 9.98. The van der Waals surface area contributed by atoms with Crippen molar-refractivity contribution < 1.29 is 22.6 Å². The first-order valence-electron chi connectivity index (χ1n) is 7.27. The Morgan fingerprint density at radius 3 is 2.43 bits per heavy atom. The molecule has 1 N–H and O–H groups in total. The first-order chi connectivity index (χ1) is 10.0. The lowest BCUT2D eigenvalue weighted by Gasteiger charge is -2.19. The minimum Gasteiger partial charge on any atom is -0.490 e. The van der Waals surface area contributed by atoms with Gasteiger partial charge in [0.15, 0.2) is 11.5 Å². The number of halogens is 3. The summed E-state index contributed by atoms with van der Waals surface area (Å²) in [5.74, 6) is 0.622. The first kappa shape index (κ1) is 14.5. The number of rotatable bonds is 2. The molecule has 2 aliphatic rings. The minimum absolute atomic E-state index is 0.107. The molecular weight excluding hydrogens is 283 g/mol. The predicted molar refractivity (Wildman–Crippen MR) is 71.8 cm³/mol. The highest BCUT2D eigenvalue weighted by Crippen LogP contribution is 2.40. The van der Waals surface area contributed by atoms with Crippen molar-refractivity contribution in [2.75, 3.05) is 19.8 Å². The van der Waals surface area contributed by atoms with Gasteiger partial charge in [-0.15, -0.1) is 0 Å². The summed E-state index contributed by atoms with van der Waals surface area (Å²) in [6.45, 7) is 1.73. The molecule has 2 heterocycles. The van der Waals surface area contributed by atoms with Crippen LogP contribution in [-0.2, 0) is 12.6 Å². The maximum absolute atomic E-state index is 13.3. The van der Waals surface area contributed by atoms with E-state index in [4.69, 9.17) is 9.47 Å². The van der Waals surface area contributed by atoms with Crippen LogP contribution in [0.1, 0.15) is 30.4 Å². The second-order valence-corrected chi connectivity index (χ2v) is 5.50.